The molecule has 1 aliphatic rings. The third-order valence-corrected chi connectivity index (χ3v) is 4.66. The standard InChI is InChI=1S/C18H15Cl3N2O3/c19-11-7-14(20)18(15(21)8-11)22-16(24)10-26-13-4-1-3-12(9-13)23-6-2-5-17(23)25/h1,3-4,7-9H,2,5-6,10H2,(H,22,24). The van der Waals surface area contributed by atoms with Crippen molar-refractivity contribution in [2.45, 2.75) is 12.8 Å². The van der Waals surface area contributed by atoms with Crippen molar-refractivity contribution in [2.75, 3.05) is 23.4 Å². The molecule has 26 heavy (non-hydrogen) atoms. The summed E-state index contributed by atoms with van der Waals surface area (Å²) in [4.78, 5) is 25.7. The van der Waals surface area contributed by atoms with Crippen molar-refractivity contribution in [3.8, 4) is 5.75 Å². The minimum Gasteiger partial charge on any atom is -0.484 e. The Kier molecular flexibility index (Phi) is 5.91. The van der Waals surface area contributed by atoms with E-state index >= 15 is 0 Å². The van der Waals surface area contributed by atoms with E-state index in [4.69, 9.17) is 39.5 Å². The Bertz CT molecular complexity index is 834. The average Bonchev–Trinajstić information content (AvgIpc) is 3.02. The van der Waals surface area contributed by atoms with E-state index in [9.17, 15) is 9.59 Å². The van der Waals surface area contributed by atoms with Gasteiger partial charge >= 0.3 is 0 Å². The Hall–Kier alpha value is -1.95. The monoisotopic (exact) mass is 412 g/mol. The number of rotatable bonds is 5. The van der Waals surface area contributed by atoms with Crippen LogP contribution in [0.4, 0.5) is 11.4 Å². The first kappa shape index (κ1) is 18.8. The number of amides is 2. The molecule has 0 aromatic heterocycles. The predicted octanol–water partition coefficient (Wildman–Crippen LogP) is 4.79. The fourth-order valence-corrected chi connectivity index (χ4v) is 3.56. The van der Waals surface area contributed by atoms with Gasteiger partial charge in [0.25, 0.3) is 5.91 Å². The van der Waals surface area contributed by atoms with Gasteiger partial charge in [0.05, 0.1) is 15.7 Å². The summed E-state index contributed by atoms with van der Waals surface area (Å²) in [5, 5.41) is 3.46. The Labute approximate surface area is 165 Å². The number of anilines is 2. The van der Waals surface area contributed by atoms with Gasteiger partial charge in [0.2, 0.25) is 5.91 Å². The second-order valence-corrected chi connectivity index (χ2v) is 6.98. The van der Waals surface area contributed by atoms with Crippen molar-refractivity contribution in [2.24, 2.45) is 0 Å². The molecule has 136 valence electrons. The minimum atomic E-state index is -0.418. The molecule has 0 atom stereocenters. The summed E-state index contributed by atoms with van der Waals surface area (Å²) < 4.78 is 5.52. The van der Waals surface area contributed by atoms with Crippen LogP contribution in [0, 0.1) is 0 Å². The topological polar surface area (TPSA) is 58.6 Å². The number of hydrogen-bond donors (Lipinski definition) is 1. The van der Waals surface area contributed by atoms with Crippen LogP contribution in [-0.4, -0.2) is 25.0 Å². The number of hydrogen-bond acceptors (Lipinski definition) is 3. The molecule has 5 nitrogen and oxygen atoms in total. The van der Waals surface area contributed by atoms with E-state index in [0.717, 1.165) is 12.1 Å². The van der Waals surface area contributed by atoms with Crippen LogP contribution >= 0.6 is 34.8 Å². The summed E-state index contributed by atoms with van der Waals surface area (Å²) in [6.45, 7) is 0.461. The van der Waals surface area contributed by atoms with Gasteiger partial charge in [-0.25, -0.2) is 0 Å². The van der Waals surface area contributed by atoms with Gasteiger partial charge in [0, 0.05) is 29.7 Å². The molecule has 0 spiro atoms. The molecule has 0 radical (unpaired) electrons. The number of ether oxygens (including phenoxy) is 1. The van der Waals surface area contributed by atoms with Gasteiger partial charge in [-0.15, -0.1) is 0 Å². The molecule has 0 saturated carbocycles. The smallest absolute Gasteiger partial charge is 0.262 e. The average molecular weight is 414 g/mol. The molecule has 1 heterocycles. The number of nitrogens with one attached hydrogen (secondary N) is 1. The van der Waals surface area contributed by atoms with E-state index in [1.165, 1.54) is 12.1 Å². The summed E-state index contributed by atoms with van der Waals surface area (Å²) >= 11 is 17.9. The number of carbonyl (C=O) groups excluding carboxylic acids is 2. The fourth-order valence-electron chi connectivity index (χ4n) is 2.65. The zero-order chi connectivity index (χ0) is 18.7. The van der Waals surface area contributed by atoms with Crippen molar-refractivity contribution in [3.63, 3.8) is 0 Å². The lowest BCUT2D eigenvalue weighted by Crippen LogP contribution is -2.24. The molecule has 0 bridgehead atoms. The van der Waals surface area contributed by atoms with Crippen LogP contribution in [0.3, 0.4) is 0 Å². The maximum atomic E-state index is 12.1. The van der Waals surface area contributed by atoms with Crippen LogP contribution in [0.5, 0.6) is 5.75 Å². The third kappa shape index (κ3) is 4.41. The van der Waals surface area contributed by atoms with Crippen LogP contribution in [0.25, 0.3) is 0 Å². The number of carbonyl (C=O) groups is 2. The molecule has 1 N–H and O–H groups in total. The lowest BCUT2D eigenvalue weighted by atomic mass is 10.3. The van der Waals surface area contributed by atoms with Gasteiger partial charge < -0.3 is 15.0 Å². The molecule has 2 aromatic carbocycles. The number of halogens is 3. The molecular weight excluding hydrogens is 399 g/mol. The zero-order valence-corrected chi connectivity index (χ0v) is 15.9. The summed E-state index contributed by atoms with van der Waals surface area (Å²) in [5.74, 6) is 0.163. The normalized spacial score (nSPS) is 13.8. The largest absolute Gasteiger partial charge is 0.484 e. The van der Waals surface area contributed by atoms with E-state index < -0.39 is 5.91 Å². The van der Waals surface area contributed by atoms with Crippen molar-refractivity contribution in [1.82, 2.24) is 0 Å². The van der Waals surface area contributed by atoms with Crippen LogP contribution in [0.15, 0.2) is 36.4 Å². The lowest BCUT2D eigenvalue weighted by Gasteiger charge is -2.16. The number of nitrogens with zero attached hydrogens (tertiary/aromatic N) is 1. The highest BCUT2D eigenvalue weighted by atomic mass is 35.5. The highest BCUT2D eigenvalue weighted by molar-refractivity contribution is 6.42. The first-order chi connectivity index (χ1) is 12.4. The van der Waals surface area contributed by atoms with Crippen molar-refractivity contribution >= 4 is 58.0 Å². The molecule has 2 aromatic rings. The van der Waals surface area contributed by atoms with Crippen LogP contribution in [0.2, 0.25) is 15.1 Å². The summed E-state index contributed by atoms with van der Waals surface area (Å²) in [6.07, 6.45) is 1.39. The molecule has 0 aliphatic carbocycles. The van der Waals surface area contributed by atoms with E-state index in [2.05, 4.69) is 5.32 Å². The second-order valence-electron chi connectivity index (χ2n) is 5.73. The summed E-state index contributed by atoms with van der Waals surface area (Å²) in [7, 11) is 0. The van der Waals surface area contributed by atoms with Crippen LogP contribution < -0.4 is 15.0 Å². The third-order valence-electron chi connectivity index (χ3n) is 3.84. The van der Waals surface area contributed by atoms with Gasteiger partial charge in [-0.1, -0.05) is 40.9 Å². The van der Waals surface area contributed by atoms with Crippen molar-refractivity contribution < 1.29 is 14.3 Å². The van der Waals surface area contributed by atoms with Gasteiger partial charge in [-0.3, -0.25) is 9.59 Å². The minimum absolute atomic E-state index is 0.0897. The first-order valence-electron chi connectivity index (χ1n) is 7.91. The maximum Gasteiger partial charge on any atom is 0.262 e. The quantitative estimate of drug-likeness (QED) is 0.766. The number of benzene rings is 2. The van der Waals surface area contributed by atoms with E-state index in [-0.39, 0.29) is 28.2 Å². The molecule has 1 fully saturated rings. The highest BCUT2D eigenvalue weighted by Gasteiger charge is 2.22. The van der Waals surface area contributed by atoms with E-state index in [1.807, 2.05) is 6.07 Å². The Morgan fingerprint density at radius 3 is 2.54 bits per heavy atom. The molecule has 2 amide bonds. The van der Waals surface area contributed by atoms with Gasteiger partial charge in [0.1, 0.15) is 5.75 Å². The second kappa shape index (κ2) is 8.16. The fraction of sp³-hybridized carbons (Fsp3) is 0.222. The van der Waals surface area contributed by atoms with Crippen LogP contribution in [0.1, 0.15) is 12.8 Å². The first-order valence-corrected chi connectivity index (χ1v) is 9.05. The molecule has 8 heteroatoms. The summed E-state index contributed by atoms with van der Waals surface area (Å²) in [6, 6.07) is 10.0. The molecule has 3 rings (SSSR count). The van der Waals surface area contributed by atoms with E-state index in [1.54, 1.807) is 23.1 Å². The van der Waals surface area contributed by atoms with Gasteiger partial charge in [0.15, 0.2) is 6.61 Å². The Balaban J connectivity index is 1.62. The summed E-state index contributed by atoms with van der Waals surface area (Å²) in [5.41, 5.74) is 1.04. The SMILES string of the molecule is O=C(COc1cccc(N2CCCC2=O)c1)Nc1c(Cl)cc(Cl)cc1Cl. The van der Waals surface area contributed by atoms with Gasteiger partial charge in [-0.2, -0.15) is 0 Å². The molecule has 1 saturated heterocycles. The molecule has 0 unspecified atom stereocenters. The van der Waals surface area contributed by atoms with Gasteiger partial charge in [-0.05, 0) is 30.7 Å². The maximum absolute atomic E-state index is 12.1. The molecule has 1 aliphatic heterocycles. The highest BCUT2D eigenvalue weighted by Crippen LogP contribution is 2.33. The van der Waals surface area contributed by atoms with E-state index in [0.29, 0.717) is 23.7 Å². The van der Waals surface area contributed by atoms with Crippen molar-refractivity contribution in [1.29, 1.82) is 0 Å². The zero-order valence-electron chi connectivity index (χ0n) is 13.6. The Morgan fingerprint density at radius 1 is 1.15 bits per heavy atom. The predicted molar refractivity (Wildman–Crippen MR) is 104 cm³/mol. The lowest BCUT2D eigenvalue weighted by molar-refractivity contribution is -0.118. The van der Waals surface area contributed by atoms with Crippen LogP contribution in [-0.2, 0) is 9.59 Å². The Morgan fingerprint density at radius 2 is 1.88 bits per heavy atom. The molecular formula is C18H15Cl3N2O3. The van der Waals surface area contributed by atoms with Crippen molar-refractivity contribution in [3.05, 3.63) is 51.5 Å².